The summed E-state index contributed by atoms with van der Waals surface area (Å²) in [5, 5.41) is 32.6. The van der Waals surface area contributed by atoms with Gasteiger partial charge in [0.05, 0.1) is 36.0 Å². The quantitative estimate of drug-likeness (QED) is 0.0237. The molecule has 0 amide bonds. The first-order valence-corrected chi connectivity index (χ1v) is 35.8. The predicted octanol–water partition coefficient (Wildman–Crippen LogP) is 15.7. The molecule has 0 bridgehead atoms. The molecule has 0 heterocycles. The Morgan fingerprint density at radius 2 is 0.696 bits per heavy atom. The number of unbranched alkanes of at least 4 members (excludes halogenated alkanes) is 27. The molecule has 0 aliphatic carbocycles. The Balaban J connectivity index is 2.59. The van der Waals surface area contributed by atoms with Gasteiger partial charge < -0.3 is 53.2 Å². The van der Waals surface area contributed by atoms with Crippen molar-refractivity contribution in [2.45, 2.75) is 333 Å². The average Bonchev–Trinajstić information content (AvgIpc) is 1.04. The topological polar surface area (TPSA) is 254 Å². The van der Waals surface area contributed by atoms with Crippen LogP contribution < -0.4 is 0 Å². The maximum absolute atomic E-state index is 13.4. The number of hydrogen-bond donors (Lipinski definition) is 3. The Kier molecular flexibility index (Phi) is 53.9. The Labute approximate surface area is 553 Å². The van der Waals surface area contributed by atoms with Gasteiger partial charge in [0.1, 0.15) is 38.1 Å². The van der Waals surface area contributed by atoms with Gasteiger partial charge in [0.2, 0.25) is 0 Å². The fourth-order valence-electron chi connectivity index (χ4n) is 11.0. The largest absolute Gasteiger partial charge is 0.462 e. The lowest BCUT2D eigenvalue weighted by atomic mass is 9.99. The van der Waals surface area contributed by atoms with Crippen LogP contribution in [0.2, 0.25) is 0 Å². The van der Waals surface area contributed by atoms with Gasteiger partial charge in [-0.1, -0.05) is 219 Å². The predicted molar refractivity (Wildman–Crippen MR) is 359 cm³/mol. The Morgan fingerprint density at radius 3 is 1.07 bits per heavy atom. The van der Waals surface area contributed by atoms with Crippen LogP contribution >= 0.6 is 0 Å². The van der Waals surface area contributed by atoms with E-state index in [9.17, 15) is 48.9 Å². The van der Waals surface area contributed by atoms with Gasteiger partial charge in [-0.2, -0.15) is 0 Å². The molecule has 0 aliphatic rings. The van der Waals surface area contributed by atoms with Crippen LogP contribution in [0, 0.1) is 0 Å². The molecule has 0 saturated carbocycles. The molecule has 7 unspecified atom stereocenters. The van der Waals surface area contributed by atoms with Crippen molar-refractivity contribution in [2.24, 2.45) is 0 Å². The van der Waals surface area contributed by atoms with E-state index in [4.69, 9.17) is 37.9 Å². The van der Waals surface area contributed by atoms with E-state index in [-0.39, 0.29) is 56.8 Å². The van der Waals surface area contributed by atoms with Gasteiger partial charge in [-0.25, -0.2) is 19.2 Å². The summed E-state index contributed by atoms with van der Waals surface area (Å²) < 4.78 is 43.9. The van der Waals surface area contributed by atoms with E-state index >= 15 is 0 Å². The zero-order valence-corrected chi connectivity index (χ0v) is 57.4. The molecule has 528 valence electrons. The van der Waals surface area contributed by atoms with Crippen molar-refractivity contribution in [3.63, 3.8) is 0 Å². The molecule has 0 spiro atoms. The molecule has 7 atom stereocenters. The minimum Gasteiger partial charge on any atom is -0.462 e. The van der Waals surface area contributed by atoms with Crippen LogP contribution in [-0.4, -0.2) is 133 Å². The van der Waals surface area contributed by atoms with Crippen LogP contribution in [0.25, 0.3) is 0 Å². The maximum Gasteiger partial charge on any atom is 0.339 e. The molecule has 0 radical (unpaired) electrons. The van der Waals surface area contributed by atoms with Crippen molar-refractivity contribution in [2.75, 3.05) is 33.5 Å². The van der Waals surface area contributed by atoms with Crippen molar-refractivity contribution >= 4 is 41.8 Å². The summed E-state index contributed by atoms with van der Waals surface area (Å²) in [5.74, 6) is -3.59. The monoisotopic (exact) mass is 1300 g/mol. The molecule has 0 saturated heterocycles. The Morgan fingerprint density at radius 1 is 0.380 bits per heavy atom. The first-order valence-electron chi connectivity index (χ1n) is 35.8. The van der Waals surface area contributed by atoms with E-state index in [0.29, 0.717) is 57.8 Å². The first kappa shape index (κ1) is 84.8. The minimum atomic E-state index is -0.933. The maximum atomic E-state index is 13.4. The van der Waals surface area contributed by atoms with E-state index in [1.807, 2.05) is 0 Å². The van der Waals surface area contributed by atoms with Crippen LogP contribution in [0.5, 0.6) is 0 Å². The lowest BCUT2D eigenvalue weighted by Crippen LogP contribution is -2.32. The number of ether oxygens (including phenoxy) is 8. The fourth-order valence-corrected chi connectivity index (χ4v) is 11.0. The molecular formula is C74H124O18. The number of aliphatic hydroxyl groups is 3. The summed E-state index contributed by atoms with van der Waals surface area (Å²) >= 11 is 0. The standard InChI is InChI=1S/C74H124O18/c1-7-12-33-46-62(75)66(91-69(79)11-5)51-38-29-23-17-20-26-32-41-54-72(82)89-59(57-87-70(80)52-39-30-24-18-15-21-27-36-47-63(76)65(49-34-13-8-2)90-68(78)10-4)58-88-71(81)53-40-31-25-19-16-22-28-37-48-64(77)67(50-35-14-9-3)92-74(84)61-45-43-42-44-60(61)73(83)86-56-55-85-6/h10-11,42-45,59,62-67,75-77H,4-5,7-9,12-41,46-58H2,1-3,6H3. The molecule has 3 N–H and O–H groups in total. The van der Waals surface area contributed by atoms with Crippen molar-refractivity contribution < 1.29 is 86.8 Å². The van der Waals surface area contributed by atoms with Gasteiger partial charge in [0.15, 0.2) is 6.10 Å². The van der Waals surface area contributed by atoms with Crippen LogP contribution in [0.4, 0.5) is 0 Å². The molecule has 1 aromatic carbocycles. The van der Waals surface area contributed by atoms with E-state index in [2.05, 4.69) is 33.9 Å². The Bertz CT molecular complexity index is 2100. The number of methoxy groups -OCH3 is 1. The number of rotatable bonds is 63. The molecular weight excluding hydrogens is 1180 g/mol. The number of esters is 7. The van der Waals surface area contributed by atoms with E-state index in [0.717, 1.165) is 205 Å². The van der Waals surface area contributed by atoms with Crippen molar-refractivity contribution in [1.82, 2.24) is 0 Å². The number of benzene rings is 1. The van der Waals surface area contributed by atoms with Crippen molar-refractivity contribution in [3.8, 4) is 0 Å². The lowest BCUT2D eigenvalue weighted by molar-refractivity contribution is -0.167. The number of carbonyl (C=O) groups excluding carboxylic acids is 7. The number of carbonyl (C=O) groups is 7. The van der Waals surface area contributed by atoms with Gasteiger partial charge in [0, 0.05) is 38.5 Å². The molecule has 0 fully saturated rings. The lowest BCUT2D eigenvalue weighted by Gasteiger charge is -2.24. The van der Waals surface area contributed by atoms with Gasteiger partial charge in [-0.3, -0.25) is 14.4 Å². The van der Waals surface area contributed by atoms with Gasteiger partial charge >= 0.3 is 41.8 Å². The number of aliphatic hydroxyl groups excluding tert-OH is 3. The van der Waals surface area contributed by atoms with Gasteiger partial charge in [-0.15, -0.1) is 0 Å². The molecule has 18 heteroatoms. The third-order valence-electron chi connectivity index (χ3n) is 16.6. The van der Waals surface area contributed by atoms with E-state index in [1.54, 1.807) is 12.1 Å². The summed E-state index contributed by atoms with van der Waals surface area (Å²) in [6.45, 7) is 13.1. The highest BCUT2D eigenvalue weighted by atomic mass is 16.6. The van der Waals surface area contributed by atoms with E-state index < -0.39 is 84.5 Å². The molecule has 0 aromatic heterocycles. The van der Waals surface area contributed by atoms with Crippen molar-refractivity contribution in [3.05, 3.63) is 60.7 Å². The molecule has 1 aromatic rings. The zero-order chi connectivity index (χ0) is 67.7. The highest BCUT2D eigenvalue weighted by molar-refractivity contribution is 6.03. The summed E-state index contributed by atoms with van der Waals surface area (Å²) in [5.41, 5.74) is 0.192. The third-order valence-corrected chi connectivity index (χ3v) is 16.6. The third kappa shape index (κ3) is 45.2. The fraction of sp³-hybridized carbons (Fsp3) is 0.770. The second-order valence-corrected chi connectivity index (χ2v) is 24.7. The van der Waals surface area contributed by atoms with Crippen LogP contribution in [0.1, 0.15) is 311 Å². The normalized spacial score (nSPS) is 13.6. The Hall–Kier alpha value is -5.17. The molecule has 1 rings (SSSR count). The highest BCUT2D eigenvalue weighted by Crippen LogP contribution is 2.23. The summed E-state index contributed by atoms with van der Waals surface area (Å²) in [7, 11) is 1.50. The second-order valence-electron chi connectivity index (χ2n) is 24.7. The molecule has 0 aliphatic heterocycles. The highest BCUT2D eigenvalue weighted by Gasteiger charge is 2.28. The van der Waals surface area contributed by atoms with Crippen molar-refractivity contribution in [1.29, 1.82) is 0 Å². The van der Waals surface area contributed by atoms with Gasteiger partial charge in [0.25, 0.3) is 0 Å². The van der Waals surface area contributed by atoms with Crippen LogP contribution in [-0.2, 0) is 61.9 Å². The smallest absolute Gasteiger partial charge is 0.339 e. The zero-order valence-electron chi connectivity index (χ0n) is 57.4. The van der Waals surface area contributed by atoms with E-state index in [1.165, 1.54) is 19.2 Å². The summed E-state index contributed by atoms with van der Waals surface area (Å²) in [6, 6.07) is 6.35. The second kappa shape index (κ2) is 58.4. The van der Waals surface area contributed by atoms with Crippen LogP contribution in [0.15, 0.2) is 49.6 Å². The summed E-state index contributed by atoms with van der Waals surface area (Å²) in [6.07, 6.45) is 31.7. The first-order chi connectivity index (χ1) is 44.6. The van der Waals surface area contributed by atoms with Crippen LogP contribution in [0.3, 0.4) is 0 Å². The molecule has 92 heavy (non-hydrogen) atoms. The minimum absolute atomic E-state index is 0.0496. The summed E-state index contributed by atoms with van der Waals surface area (Å²) in [4.78, 5) is 88.6. The van der Waals surface area contributed by atoms with Gasteiger partial charge in [-0.05, 0) is 89.2 Å². The number of hydrogen-bond acceptors (Lipinski definition) is 18. The molecule has 18 nitrogen and oxygen atoms in total. The SMILES string of the molecule is C=CC(=O)OC(CCCCC)C(O)CCCCCCCCCCC(=O)OCC(COC(=O)CCCCCCCCCCC(O)C(CCCCC)OC(=O)c1ccccc1C(=O)OCCOC)OC(=O)CCCCCCCCCCC(OC(=O)C=C)C(O)CCCCC. The average molecular weight is 1300 g/mol.